The number of nitrogens with zero attached hydrogens (tertiary/aromatic N) is 1. The number of methoxy groups -OCH3 is 1. The Morgan fingerprint density at radius 2 is 1.85 bits per heavy atom. The summed E-state index contributed by atoms with van der Waals surface area (Å²) < 4.78 is 43.2. The molecule has 3 nitrogen and oxygen atoms in total. The Kier molecular flexibility index (Phi) is 3.97. The van der Waals surface area contributed by atoms with Crippen molar-refractivity contribution in [1.29, 1.82) is 0 Å². The maximum absolute atomic E-state index is 12.8. The van der Waals surface area contributed by atoms with E-state index in [1.807, 2.05) is 7.05 Å². The SMILES string of the molecule is COc1cc(C2(O)CCN(C)CC2)ccc1C(F)(F)F. The molecule has 1 aromatic rings. The van der Waals surface area contributed by atoms with Gasteiger partial charge in [-0.1, -0.05) is 6.07 Å². The largest absolute Gasteiger partial charge is 0.496 e. The average Bonchev–Trinajstić information content (AvgIpc) is 2.40. The van der Waals surface area contributed by atoms with Crippen LogP contribution >= 0.6 is 0 Å². The minimum atomic E-state index is -4.46. The van der Waals surface area contributed by atoms with Gasteiger partial charge < -0.3 is 14.7 Å². The number of rotatable bonds is 2. The van der Waals surface area contributed by atoms with Crippen molar-refractivity contribution in [3.8, 4) is 5.75 Å². The molecule has 0 unspecified atom stereocenters. The van der Waals surface area contributed by atoms with Crippen LogP contribution in [0.1, 0.15) is 24.0 Å². The topological polar surface area (TPSA) is 32.7 Å². The van der Waals surface area contributed by atoms with Gasteiger partial charge in [0.2, 0.25) is 0 Å². The van der Waals surface area contributed by atoms with Gasteiger partial charge in [0.15, 0.2) is 0 Å². The van der Waals surface area contributed by atoms with Crippen LogP contribution in [0, 0.1) is 0 Å². The van der Waals surface area contributed by atoms with Crippen molar-refractivity contribution in [2.45, 2.75) is 24.6 Å². The van der Waals surface area contributed by atoms with Gasteiger partial charge in [-0.05, 0) is 37.6 Å². The molecule has 6 heteroatoms. The summed E-state index contributed by atoms with van der Waals surface area (Å²) in [6.07, 6.45) is -3.46. The third-order valence-electron chi connectivity index (χ3n) is 3.86. The van der Waals surface area contributed by atoms with Gasteiger partial charge in [0.05, 0.1) is 18.3 Å². The molecule has 0 aromatic heterocycles. The molecule has 1 N–H and O–H groups in total. The minimum absolute atomic E-state index is 0.248. The summed E-state index contributed by atoms with van der Waals surface area (Å²) in [6.45, 7) is 1.42. The third kappa shape index (κ3) is 2.91. The molecule has 0 aliphatic carbocycles. The number of aliphatic hydroxyl groups is 1. The monoisotopic (exact) mass is 289 g/mol. The molecule has 20 heavy (non-hydrogen) atoms. The first-order chi connectivity index (χ1) is 9.26. The maximum atomic E-state index is 12.8. The van der Waals surface area contributed by atoms with E-state index in [2.05, 4.69) is 4.90 Å². The van der Waals surface area contributed by atoms with E-state index in [1.54, 1.807) is 0 Å². The Morgan fingerprint density at radius 3 is 2.35 bits per heavy atom. The van der Waals surface area contributed by atoms with Crippen molar-refractivity contribution in [3.63, 3.8) is 0 Å². The number of ether oxygens (including phenoxy) is 1. The van der Waals surface area contributed by atoms with Crippen LogP contribution in [0.3, 0.4) is 0 Å². The van der Waals surface area contributed by atoms with Crippen molar-refractivity contribution in [2.75, 3.05) is 27.2 Å². The second-order valence-corrected chi connectivity index (χ2v) is 5.25. The quantitative estimate of drug-likeness (QED) is 0.908. The molecule has 1 aliphatic heterocycles. The lowest BCUT2D eigenvalue weighted by atomic mass is 9.84. The third-order valence-corrected chi connectivity index (χ3v) is 3.86. The van der Waals surface area contributed by atoms with Crippen LogP contribution in [0.2, 0.25) is 0 Å². The molecule has 0 bridgehead atoms. The first kappa shape index (κ1) is 15.1. The van der Waals surface area contributed by atoms with Crippen LogP contribution in [0.25, 0.3) is 0 Å². The number of halogens is 3. The lowest BCUT2D eigenvalue weighted by molar-refractivity contribution is -0.138. The number of hydrogen-bond acceptors (Lipinski definition) is 3. The molecule has 1 fully saturated rings. The molecular weight excluding hydrogens is 271 g/mol. The molecule has 0 saturated carbocycles. The van der Waals surface area contributed by atoms with Gasteiger partial charge in [0.1, 0.15) is 5.75 Å². The van der Waals surface area contributed by atoms with Crippen LogP contribution in [0.15, 0.2) is 18.2 Å². The Morgan fingerprint density at radius 1 is 1.25 bits per heavy atom. The first-order valence-electron chi connectivity index (χ1n) is 6.43. The molecular formula is C14H18F3NO2. The van der Waals surface area contributed by atoms with E-state index >= 15 is 0 Å². The highest BCUT2D eigenvalue weighted by atomic mass is 19.4. The second kappa shape index (κ2) is 5.26. The number of benzene rings is 1. The summed E-state index contributed by atoms with van der Waals surface area (Å²) in [7, 11) is 3.15. The molecule has 1 saturated heterocycles. The molecule has 2 rings (SSSR count). The summed E-state index contributed by atoms with van der Waals surface area (Å²) in [5.41, 5.74) is -1.42. The highest BCUT2D eigenvalue weighted by molar-refractivity contribution is 5.41. The zero-order valence-electron chi connectivity index (χ0n) is 11.5. The predicted octanol–water partition coefficient (Wildman–Crippen LogP) is 2.63. The molecule has 0 atom stereocenters. The van der Waals surface area contributed by atoms with Crippen molar-refractivity contribution in [2.24, 2.45) is 0 Å². The predicted molar refractivity (Wildman–Crippen MR) is 68.6 cm³/mol. The maximum Gasteiger partial charge on any atom is 0.419 e. The van der Waals surface area contributed by atoms with Crippen molar-refractivity contribution >= 4 is 0 Å². The summed E-state index contributed by atoms with van der Waals surface area (Å²) in [5, 5.41) is 10.6. The van der Waals surface area contributed by atoms with Gasteiger partial charge in [0.25, 0.3) is 0 Å². The number of piperidine rings is 1. The van der Waals surface area contributed by atoms with E-state index in [0.717, 1.165) is 6.07 Å². The summed E-state index contributed by atoms with van der Waals surface area (Å²) >= 11 is 0. The highest BCUT2D eigenvalue weighted by Crippen LogP contribution is 2.40. The van der Waals surface area contributed by atoms with Gasteiger partial charge in [0, 0.05) is 13.1 Å². The smallest absolute Gasteiger partial charge is 0.419 e. The molecule has 0 radical (unpaired) electrons. The second-order valence-electron chi connectivity index (χ2n) is 5.25. The fraction of sp³-hybridized carbons (Fsp3) is 0.571. The zero-order chi connectivity index (χ0) is 15.0. The van der Waals surface area contributed by atoms with Crippen molar-refractivity contribution < 1.29 is 23.0 Å². The standard InChI is InChI=1S/C14H18F3NO2/c1-18-7-5-13(19,6-8-18)10-3-4-11(14(15,16)17)12(9-10)20-2/h3-4,9,19H,5-8H2,1-2H3. The summed E-state index contributed by atoms with van der Waals surface area (Å²) in [6, 6.07) is 3.62. The van der Waals surface area contributed by atoms with E-state index in [9.17, 15) is 18.3 Å². The average molecular weight is 289 g/mol. The van der Waals surface area contributed by atoms with Crippen LogP contribution in [-0.4, -0.2) is 37.3 Å². The van der Waals surface area contributed by atoms with Crippen LogP contribution < -0.4 is 4.74 Å². The molecule has 1 heterocycles. The molecule has 0 spiro atoms. The minimum Gasteiger partial charge on any atom is -0.496 e. The summed E-state index contributed by atoms with van der Waals surface area (Å²) in [5.74, 6) is -0.248. The highest BCUT2D eigenvalue weighted by Gasteiger charge is 2.37. The Labute approximate surface area is 116 Å². The number of likely N-dealkylation sites (tertiary alicyclic amines) is 1. The molecule has 112 valence electrons. The van der Waals surface area contributed by atoms with E-state index in [1.165, 1.54) is 19.2 Å². The Balaban J connectivity index is 2.35. The fourth-order valence-corrected chi connectivity index (χ4v) is 2.49. The van der Waals surface area contributed by atoms with Gasteiger partial charge in [-0.2, -0.15) is 13.2 Å². The first-order valence-corrected chi connectivity index (χ1v) is 6.43. The van der Waals surface area contributed by atoms with Gasteiger partial charge in [-0.3, -0.25) is 0 Å². The number of hydrogen-bond donors (Lipinski definition) is 1. The zero-order valence-corrected chi connectivity index (χ0v) is 11.5. The van der Waals surface area contributed by atoms with E-state index in [0.29, 0.717) is 31.5 Å². The van der Waals surface area contributed by atoms with Gasteiger partial charge in [-0.15, -0.1) is 0 Å². The van der Waals surface area contributed by atoms with Gasteiger partial charge in [-0.25, -0.2) is 0 Å². The van der Waals surface area contributed by atoms with Crippen LogP contribution in [-0.2, 0) is 11.8 Å². The van der Waals surface area contributed by atoms with Crippen LogP contribution in [0.4, 0.5) is 13.2 Å². The fourth-order valence-electron chi connectivity index (χ4n) is 2.49. The van der Waals surface area contributed by atoms with E-state index < -0.39 is 17.3 Å². The Hall–Kier alpha value is -1.27. The summed E-state index contributed by atoms with van der Waals surface area (Å²) in [4.78, 5) is 2.08. The molecule has 1 aromatic carbocycles. The van der Waals surface area contributed by atoms with E-state index in [4.69, 9.17) is 4.74 Å². The lowest BCUT2D eigenvalue weighted by Crippen LogP contribution is -2.40. The molecule has 1 aliphatic rings. The lowest BCUT2D eigenvalue weighted by Gasteiger charge is -2.37. The van der Waals surface area contributed by atoms with Gasteiger partial charge >= 0.3 is 6.18 Å². The normalized spacial score (nSPS) is 19.9. The Bertz CT molecular complexity index is 480. The number of alkyl halides is 3. The van der Waals surface area contributed by atoms with Crippen LogP contribution in [0.5, 0.6) is 5.75 Å². The van der Waals surface area contributed by atoms with Crippen molar-refractivity contribution in [3.05, 3.63) is 29.3 Å². The van der Waals surface area contributed by atoms with E-state index in [-0.39, 0.29) is 5.75 Å². The molecule has 0 amide bonds. The van der Waals surface area contributed by atoms with Crippen molar-refractivity contribution in [1.82, 2.24) is 4.90 Å².